The molecule has 5 nitrogen and oxygen atoms in total. The van der Waals surface area contributed by atoms with Crippen molar-refractivity contribution in [3.63, 3.8) is 0 Å². The maximum Gasteiger partial charge on any atom is 0.233 e. The number of benzene rings is 1. The Kier molecular flexibility index (Phi) is 6.71. The normalized spacial score (nSPS) is 14.1. The molecule has 1 aromatic heterocycles. The molecule has 1 unspecified atom stereocenters. The van der Waals surface area contributed by atoms with Gasteiger partial charge in [-0.2, -0.15) is 5.26 Å². The smallest absolute Gasteiger partial charge is 0.233 e. The second-order valence-corrected chi connectivity index (χ2v) is 8.48. The molecule has 0 radical (unpaired) electrons. The lowest BCUT2D eigenvalue weighted by Gasteiger charge is -2.29. The van der Waals surface area contributed by atoms with Crippen LogP contribution in [0.4, 0.5) is 0 Å². The summed E-state index contributed by atoms with van der Waals surface area (Å²) in [5.74, 6) is 0.700. The topological polar surface area (TPSA) is 74.1 Å². The lowest BCUT2D eigenvalue weighted by Crippen LogP contribution is -2.40. The van der Waals surface area contributed by atoms with E-state index in [0.29, 0.717) is 34.3 Å². The van der Waals surface area contributed by atoms with Crippen molar-refractivity contribution in [3.8, 4) is 6.07 Å². The quantitative estimate of drug-likeness (QED) is 0.479. The lowest BCUT2D eigenvalue weighted by molar-refractivity contribution is -0.131. The maximum atomic E-state index is 13.1. The van der Waals surface area contributed by atoms with Gasteiger partial charge in [0.2, 0.25) is 5.91 Å². The maximum absolute atomic E-state index is 13.1. The highest BCUT2D eigenvalue weighted by Crippen LogP contribution is 2.36. The molecular weight excluding hydrogens is 382 g/mol. The minimum atomic E-state index is -0.119. The van der Waals surface area contributed by atoms with E-state index < -0.39 is 0 Å². The van der Waals surface area contributed by atoms with E-state index in [1.54, 1.807) is 13.0 Å². The van der Waals surface area contributed by atoms with Crippen LogP contribution < -0.4 is 0 Å². The Hall–Kier alpha value is -2.65. The highest BCUT2D eigenvalue weighted by molar-refractivity contribution is 8.00. The number of amides is 1. The van der Waals surface area contributed by atoms with Gasteiger partial charge in [-0.25, -0.2) is 4.98 Å². The fourth-order valence-electron chi connectivity index (χ4n) is 3.42. The fourth-order valence-corrected chi connectivity index (χ4v) is 4.30. The van der Waals surface area contributed by atoms with Crippen LogP contribution >= 0.6 is 11.8 Å². The summed E-state index contributed by atoms with van der Waals surface area (Å²) >= 11 is 1.27. The number of Topliss-reactive ketones (excluding diaryl/α,β-unsaturated/α-hetero) is 1. The van der Waals surface area contributed by atoms with Crippen LogP contribution in [0.2, 0.25) is 0 Å². The monoisotopic (exact) mass is 407 g/mol. The van der Waals surface area contributed by atoms with E-state index in [4.69, 9.17) is 0 Å². The van der Waals surface area contributed by atoms with Gasteiger partial charge in [0, 0.05) is 23.8 Å². The van der Waals surface area contributed by atoms with E-state index in [2.05, 4.69) is 18.0 Å². The predicted octanol–water partition coefficient (Wildman–Crippen LogP) is 4.38. The first kappa shape index (κ1) is 21.1. The third-order valence-electron chi connectivity index (χ3n) is 5.32. The van der Waals surface area contributed by atoms with E-state index >= 15 is 0 Å². The molecule has 3 rings (SSSR count). The van der Waals surface area contributed by atoms with Gasteiger partial charge in [-0.3, -0.25) is 9.59 Å². The van der Waals surface area contributed by atoms with Crippen molar-refractivity contribution in [2.45, 2.75) is 51.2 Å². The summed E-state index contributed by atoms with van der Waals surface area (Å²) in [7, 11) is 0. The zero-order valence-electron chi connectivity index (χ0n) is 17.0. The summed E-state index contributed by atoms with van der Waals surface area (Å²) in [5, 5.41) is 9.95. The molecule has 1 saturated carbocycles. The summed E-state index contributed by atoms with van der Waals surface area (Å²) in [5.41, 5.74) is 2.48. The van der Waals surface area contributed by atoms with Gasteiger partial charge in [0.25, 0.3) is 0 Å². The number of carbonyl (C=O) groups is 2. The van der Waals surface area contributed by atoms with Gasteiger partial charge in [0.1, 0.15) is 11.1 Å². The number of thioether (sulfide) groups is 1. The molecular formula is C23H25N3O2S. The van der Waals surface area contributed by atoms with Crippen molar-refractivity contribution in [3.05, 3.63) is 58.8 Å². The van der Waals surface area contributed by atoms with Crippen LogP contribution in [0.1, 0.15) is 53.9 Å². The number of ketones is 1. The van der Waals surface area contributed by atoms with Crippen molar-refractivity contribution in [2.24, 2.45) is 5.92 Å². The summed E-state index contributed by atoms with van der Waals surface area (Å²) in [6.45, 7) is 5.91. The van der Waals surface area contributed by atoms with Crippen LogP contribution in [0.25, 0.3) is 0 Å². The summed E-state index contributed by atoms with van der Waals surface area (Å²) in [4.78, 5) is 31.2. The van der Waals surface area contributed by atoms with Crippen molar-refractivity contribution >= 4 is 23.5 Å². The Morgan fingerprint density at radius 2 is 2.00 bits per heavy atom. The summed E-state index contributed by atoms with van der Waals surface area (Å²) in [6.07, 6.45) is 2.33. The molecule has 1 atom stereocenters. The van der Waals surface area contributed by atoms with Crippen molar-refractivity contribution in [1.29, 1.82) is 5.26 Å². The first-order valence-corrected chi connectivity index (χ1v) is 10.8. The Morgan fingerprint density at radius 1 is 1.31 bits per heavy atom. The fraction of sp³-hybridized carbons (Fsp3) is 0.391. The molecule has 0 saturated heterocycles. The van der Waals surface area contributed by atoms with Gasteiger partial charge in [0.15, 0.2) is 5.78 Å². The molecule has 1 aliphatic carbocycles. The van der Waals surface area contributed by atoms with Crippen LogP contribution in [0.5, 0.6) is 0 Å². The first-order chi connectivity index (χ1) is 13.9. The average Bonchev–Trinajstić information content (AvgIpc) is 3.55. The molecule has 0 N–H and O–H groups in total. The molecule has 1 amide bonds. The van der Waals surface area contributed by atoms with E-state index in [0.717, 1.165) is 5.56 Å². The van der Waals surface area contributed by atoms with Gasteiger partial charge in [0.05, 0.1) is 11.3 Å². The van der Waals surface area contributed by atoms with Crippen LogP contribution in [0.15, 0.2) is 41.4 Å². The van der Waals surface area contributed by atoms with Gasteiger partial charge < -0.3 is 4.90 Å². The SMILES string of the molecule is CC(=O)c1cc(C#N)c(SCC(=O)N(Cc2ccccc2)C(C)C2CC2)nc1C. The Labute approximate surface area is 176 Å². The van der Waals surface area contributed by atoms with E-state index in [-0.39, 0.29) is 23.5 Å². The van der Waals surface area contributed by atoms with Gasteiger partial charge in [-0.15, -0.1) is 0 Å². The zero-order chi connectivity index (χ0) is 21.0. The van der Waals surface area contributed by atoms with Crippen LogP contribution in [-0.2, 0) is 11.3 Å². The first-order valence-electron chi connectivity index (χ1n) is 9.79. The third kappa shape index (κ3) is 5.24. The predicted molar refractivity (Wildman–Crippen MR) is 114 cm³/mol. The number of nitrogens with zero attached hydrogens (tertiary/aromatic N) is 3. The number of nitriles is 1. The standard InChI is InChI=1S/C23H25N3O2S/c1-15-21(17(3)27)11-20(12-24)23(25-15)29-14-22(28)26(16(2)19-9-10-19)13-18-7-5-4-6-8-18/h4-8,11,16,19H,9-10,13-14H2,1-3H3. The number of aromatic nitrogens is 1. The van der Waals surface area contributed by atoms with Gasteiger partial charge in [-0.05, 0) is 51.2 Å². The highest BCUT2D eigenvalue weighted by atomic mass is 32.2. The Morgan fingerprint density at radius 3 is 2.59 bits per heavy atom. The molecule has 29 heavy (non-hydrogen) atoms. The molecule has 2 aromatic rings. The molecule has 1 aliphatic rings. The van der Waals surface area contributed by atoms with Crippen LogP contribution in [0.3, 0.4) is 0 Å². The molecule has 150 valence electrons. The number of carbonyl (C=O) groups excluding carboxylic acids is 2. The number of pyridine rings is 1. The molecule has 0 aliphatic heterocycles. The lowest BCUT2D eigenvalue weighted by atomic mass is 10.1. The van der Waals surface area contributed by atoms with E-state index in [9.17, 15) is 14.9 Å². The van der Waals surface area contributed by atoms with Crippen LogP contribution in [0, 0.1) is 24.2 Å². The molecule has 1 fully saturated rings. The molecule has 0 bridgehead atoms. The van der Waals surface area contributed by atoms with E-state index in [1.165, 1.54) is 31.5 Å². The molecule has 1 aromatic carbocycles. The molecule has 6 heteroatoms. The zero-order valence-corrected chi connectivity index (χ0v) is 17.8. The van der Waals surface area contributed by atoms with Gasteiger partial charge in [-0.1, -0.05) is 42.1 Å². The molecule has 1 heterocycles. The van der Waals surface area contributed by atoms with Crippen LogP contribution in [-0.4, -0.2) is 33.4 Å². The number of hydrogen-bond donors (Lipinski definition) is 0. The highest BCUT2D eigenvalue weighted by Gasteiger charge is 2.34. The third-order valence-corrected chi connectivity index (χ3v) is 6.30. The molecule has 0 spiro atoms. The summed E-state index contributed by atoms with van der Waals surface area (Å²) in [6, 6.07) is 13.9. The Balaban J connectivity index is 1.75. The largest absolute Gasteiger partial charge is 0.335 e. The number of aryl methyl sites for hydroxylation is 1. The Bertz CT molecular complexity index is 949. The van der Waals surface area contributed by atoms with Gasteiger partial charge >= 0.3 is 0 Å². The van der Waals surface area contributed by atoms with Crippen molar-refractivity contribution in [1.82, 2.24) is 9.88 Å². The average molecular weight is 408 g/mol. The van der Waals surface area contributed by atoms with E-state index in [1.807, 2.05) is 35.2 Å². The minimum Gasteiger partial charge on any atom is -0.335 e. The second kappa shape index (κ2) is 9.23. The number of hydrogen-bond acceptors (Lipinski definition) is 5. The second-order valence-electron chi connectivity index (χ2n) is 7.52. The van der Waals surface area contributed by atoms with Crippen molar-refractivity contribution < 1.29 is 9.59 Å². The minimum absolute atomic E-state index is 0.0391. The van der Waals surface area contributed by atoms with Crippen molar-refractivity contribution in [2.75, 3.05) is 5.75 Å². The summed E-state index contributed by atoms with van der Waals surface area (Å²) < 4.78 is 0. The number of rotatable bonds is 8.